The van der Waals surface area contributed by atoms with Crippen molar-refractivity contribution in [2.24, 2.45) is 0 Å². The lowest BCUT2D eigenvalue weighted by Crippen LogP contribution is -2.24. The second kappa shape index (κ2) is 13.0. The molecule has 0 atom stereocenters. The van der Waals surface area contributed by atoms with E-state index in [0.717, 1.165) is 36.8 Å². The van der Waals surface area contributed by atoms with Crippen LogP contribution in [0.3, 0.4) is 0 Å². The topological polar surface area (TPSA) is 6.25 Å². The van der Waals surface area contributed by atoms with Crippen LogP contribution in [0.15, 0.2) is 36.4 Å². The molecule has 0 spiro atoms. The normalized spacial score (nSPS) is 24.1. The van der Waals surface area contributed by atoms with E-state index in [1.54, 1.807) is 33.6 Å². The van der Waals surface area contributed by atoms with Gasteiger partial charge in [-0.1, -0.05) is 113 Å². The van der Waals surface area contributed by atoms with Crippen molar-refractivity contribution >= 4 is 17.7 Å². The summed E-state index contributed by atoms with van der Waals surface area (Å²) in [5.74, 6) is 2.99. The van der Waals surface area contributed by atoms with Crippen LogP contribution in [-0.4, -0.2) is 24.0 Å². The minimum absolute atomic E-state index is 0.747. The zero-order valence-corrected chi connectivity index (χ0v) is 25.8. The minimum atomic E-state index is 0.747. The summed E-state index contributed by atoms with van der Waals surface area (Å²) in [6.45, 7) is 2.26. The average molecular weight is 552 g/mol. The van der Waals surface area contributed by atoms with Gasteiger partial charge in [-0.15, -0.1) is 0 Å². The molecule has 0 N–H and O–H groups in total. The molecule has 0 aromatic heterocycles. The van der Waals surface area contributed by atoms with Gasteiger partial charge in [-0.05, 0) is 75.0 Å². The highest BCUT2D eigenvalue weighted by Crippen LogP contribution is 2.47. The van der Waals surface area contributed by atoms with Crippen molar-refractivity contribution in [3.63, 3.8) is 0 Å². The van der Waals surface area contributed by atoms with Crippen LogP contribution in [0.1, 0.15) is 174 Å². The Bertz CT molecular complexity index is 1110. The fourth-order valence-corrected chi connectivity index (χ4v) is 9.63. The van der Waals surface area contributed by atoms with Gasteiger partial charge in [0.25, 0.3) is 0 Å². The minimum Gasteiger partial charge on any atom is -0.229 e. The molecule has 220 valence electrons. The number of anilines is 1. The zero-order chi connectivity index (χ0) is 27.4. The van der Waals surface area contributed by atoms with Crippen LogP contribution in [0.4, 0.5) is 11.4 Å². The number of hydrogen-bond acceptors (Lipinski definition) is 1. The third-order valence-corrected chi connectivity index (χ3v) is 11.8. The Balaban J connectivity index is 1.31. The number of nitrogens with zero attached hydrogens (tertiary/aromatic N) is 2. The van der Waals surface area contributed by atoms with Gasteiger partial charge in [0.1, 0.15) is 24.5 Å². The third kappa shape index (κ3) is 5.92. The van der Waals surface area contributed by atoms with Crippen molar-refractivity contribution in [3.05, 3.63) is 58.7 Å². The Hall–Kier alpha value is -2.09. The van der Waals surface area contributed by atoms with Crippen LogP contribution in [0.2, 0.25) is 0 Å². The van der Waals surface area contributed by atoms with Crippen LogP contribution in [0.5, 0.6) is 0 Å². The van der Waals surface area contributed by atoms with E-state index in [-0.39, 0.29) is 0 Å². The molecule has 0 unspecified atom stereocenters. The monoisotopic (exact) mass is 551 g/mol. The average Bonchev–Trinajstić information content (AvgIpc) is 3.55. The Kier molecular flexibility index (Phi) is 8.82. The standard InChI is InChI=1S/C39H55N2/c1-5-15-30(16-6-1)34-23-13-24-35(31-17-7-2-8-18-31)38(34)40-27-28-41(29-40)39-36(32-19-9-3-10-20-32)25-14-26-37(39)33-21-11-4-12-22-33/h13-14,23-26,29-33H,1-12,15-22,27-28H2/q+1. The summed E-state index contributed by atoms with van der Waals surface area (Å²) in [5, 5.41) is 0. The van der Waals surface area contributed by atoms with Crippen molar-refractivity contribution in [3.8, 4) is 0 Å². The Morgan fingerprint density at radius 1 is 0.463 bits per heavy atom. The molecule has 0 bridgehead atoms. The summed E-state index contributed by atoms with van der Waals surface area (Å²) < 4.78 is 2.75. The van der Waals surface area contributed by atoms with Crippen LogP contribution in [-0.2, 0) is 0 Å². The highest BCUT2D eigenvalue weighted by molar-refractivity contribution is 5.83. The van der Waals surface area contributed by atoms with E-state index >= 15 is 0 Å². The fraction of sp³-hybridized carbons (Fsp3) is 0.667. The summed E-state index contributed by atoms with van der Waals surface area (Å²) in [6.07, 6.45) is 30.7. The second-order valence-electron chi connectivity index (χ2n) is 14.4. The number of rotatable bonds is 6. The molecule has 4 saturated carbocycles. The van der Waals surface area contributed by atoms with Gasteiger partial charge in [-0.2, -0.15) is 0 Å². The van der Waals surface area contributed by atoms with Crippen LogP contribution in [0.25, 0.3) is 0 Å². The van der Waals surface area contributed by atoms with Gasteiger partial charge in [0.2, 0.25) is 6.34 Å². The first-order valence-electron chi connectivity index (χ1n) is 18.0. The maximum atomic E-state index is 2.75. The van der Waals surface area contributed by atoms with Crippen LogP contribution >= 0.6 is 0 Å². The van der Waals surface area contributed by atoms with Gasteiger partial charge >= 0.3 is 0 Å². The number of para-hydroxylation sites is 2. The van der Waals surface area contributed by atoms with Gasteiger partial charge in [0.05, 0.1) is 0 Å². The Labute approximate surface area is 250 Å². The van der Waals surface area contributed by atoms with Gasteiger partial charge in [-0.25, -0.2) is 9.48 Å². The molecular weight excluding hydrogens is 496 g/mol. The molecule has 4 aliphatic carbocycles. The van der Waals surface area contributed by atoms with Crippen LogP contribution < -0.4 is 4.90 Å². The van der Waals surface area contributed by atoms with Gasteiger partial charge in [0.15, 0.2) is 0 Å². The van der Waals surface area contributed by atoms with E-state index < -0.39 is 0 Å². The van der Waals surface area contributed by atoms with E-state index in [1.807, 2.05) is 0 Å². The molecule has 0 radical (unpaired) electrons. The maximum Gasteiger partial charge on any atom is 0.244 e. The molecule has 2 aromatic carbocycles. The van der Waals surface area contributed by atoms with E-state index in [9.17, 15) is 0 Å². The lowest BCUT2D eigenvalue weighted by Gasteiger charge is -2.30. The molecule has 0 saturated heterocycles. The van der Waals surface area contributed by atoms with E-state index in [4.69, 9.17) is 0 Å². The first-order valence-corrected chi connectivity index (χ1v) is 18.0. The van der Waals surface area contributed by atoms with E-state index in [2.05, 4.69) is 52.2 Å². The Morgan fingerprint density at radius 2 is 0.829 bits per heavy atom. The van der Waals surface area contributed by atoms with Crippen molar-refractivity contribution in [1.29, 1.82) is 0 Å². The third-order valence-electron chi connectivity index (χ3n) is 11.8. The Morgan fingerprint density at radius 3 is 1.24 bits per heavy atom. The zero-order valence-electron chi connectivity index (χ0n) is 25.8. The summed E-state index contributed by atoms with van der Waals surface area (Å²) >= 11 is 0. The molecule has 2 nitrogen and oxygen atoms in total. The van der Waals surface area contributed by atoms with Crippen LogP contribution in [0, 0.1) is 0 Å². The van der Waals surface area contributed by atoms with Crippen molar-refractivity contribution < 1.29 is 4.58 Å². The summed E-state index contributed by atoms with van der Waals surface area (Å²) in [5.41, 5.74) is 9.97. The van der Waals surface area contributed by atoms with E-state index in [0.29, 0.717) is 0 Å². The fourth-order valence-electron chi connectivity index (χ4n) is 9.63. The SMILES string of the molecule is C1=[N+](c2c(C3CCCCC3)cccc2C2CCCCC2)CCN1c1c(C2CCCCC2)cccc1C1CCCCC1. The summed E-state index contributed by atoms with van der Waals surface area (Å²) in [4.78, 5) is 2.75. The predicted molar refractivity (Wildman–Crippen MR) is 174 cm³/mol. The molecule has 5 aliphatic rings. The summed E-state index contributed by atoms with van der Waals surface area (Å²) in [7, 11) is 0. The molecule has 2 aromatic rings. The van der Waals surface area contributed by atoms with Crippen molar-refractivity contribution in [2.75, 3.05) is 18.0 Å². The maximum absolute atomic E-state index is 2.75. The van der Waals surface area contributed by atoms with Gasteiger partial charge in [0, 0.05) is 22.3 Å². The van der Waals surface area contributed by atoms with Gasteiger partial charge < -0.3 is 0 Å². The molecule has 2 heteroatoms. The van der Waals surface area contributed by atoms with E-state index in [1.165, 1.54) is 128 Å². The molecule has 41 heavy (non-hydrogen) atoms. The highest BCUT2D eigenvalue weighted by Gasteiger charge is 2.35. The number of hydrogen-bond donors (Lipinski definition) is 0. The lowest BCUT2D eigenvalue weighted by molar-refractivity contribution is -0.425. The largest absolute Gasteiger partial charge is 0.244 e. The number of benzene rings is 2. The molecular formula is C39H55N2+. The molecule has 0 amide bonds. The second-order valence-corrected chi connectivity index (χ2v) is 14.4. The first kappa shape index (κ1) is 27.7. The molecule has 1 heterocycles. The highest BCUT2D eigenvalue weighted by atomic mass is 15.3. The molecule has 7 rings (SSSR count). The van der Waals surface area contributed by atoms with Crippen molar-refractivity contribution in [2.45, 2.75) is 152 Å². The smallest absolute Gasteiger partial charge is 0.229 e. The van der Waals surface area contributed by atoms with Gasteiger partial charge in [-0.3, -0.25) is 0 Å². The molecule has 4 fully saturated rings. The quantitative estimate of drug-likeness (QED) is 0.324. The first-order chi connectivity index (χ1) is 20.4. The summed E-state index contributed by atoms with van der Waals surface area (Å²) in [6, 6.07) is 14.9. The predicted octanol–water partition coefficient (Wildman–Crippen LogP) is 11.1. The lowest BCUT2D eigenvalue weighted by atomic mass is 9.78. The van der Waals surface area contributed by atoms with Crippen molar-refractivity contribution in [1.82, 2.24) is 0 Å². The molecule has 1 aliphatic heterocycles.